The molecule has 0 radical (unpaired) electrons. The van der Waals surface area contributed by atoms with Crippen LogP contribution in [-0.2, 0) is 0 Å². The summed E-state index contributed by atoms with van der Waals surface area (Å²) in [5.74, 6) is 0.848. The first-order valence-corrected chi connectivity index (χ1v) is 6.29. The predicted octanol–water partition coefficient (Wildman–Crippen LogP) is 1.94. The van der Waals surface area contributed by atoms with Gasteiger partial charge in [-0.05, 0) is 30.4 Å². The highest BCUT2D eigenvalue weighted by molar-refractivity contribution is 5.43. The largest absolute Gasteiger partial charge is 0.394 e. The van der Waals surface area contributed by atoms with E-state index in [1.165, 1.54) is 0 Å². The van der Waals surface area contributed by atoms with Crippen molar-refractivity contribution in [3.63, 3.8) is 0 Å². The lowest BCUT2D eigenvalue weighted by Gasteiger charge is -2.43. The lowest BCUT2D eigenvalue weighted by atomic mass is 9.81. The molecule has 1 fully saturated rings. The van der Waals surface area contributed by atoms with E-state index in [2.05, 4.69) is 29.8 Å². The van der Waals surface area contributed by atoms with Gasteiger partial charge in [0, 0.05) is 12.7 Å². The molecule has 96 valence electrons. The zero-order valence-electron chi connectivity index (χ0n) is 10.9. The summed E-state index contributed by atoms with van der Waals surface area (Å²) in [5.41, 5.74) is 0.803. The van der Waals surface area contributed by atoms with E-state index in [-0.39, 0.29) is 18.1 Å². The van der Waals surface area contributed by atoms with Crippen molar-refractivity contribution in [3.05, 3.63) is 23.9 Å². The maximum Gasteiger partial charge on any atom is 0.128 e. The molecule has 4 heteroatoms. The first-order valence-electron chi connectivity index (χ1n) is 6.29. The Bertz CT molecular complexity index is 447. The van der Waals surface area contributed by atoms with Crippen molar-refractivity contribution in [2.45, 2.75) is 32.7 Å². The average molecular weight is 245 g/mol. The standard InChI is InChI=1S/C14H19N3O/c1-14(2)6-5-12(9-18)17(10-14)13-4-3-11(7-15)8-16-13/h3-4,8,12,18H,5-6,9-10H2,1-2H3/t12-/m0/s1. The molecule has 0 aromatic carbocycles. The predicted molar refractivity (Wildman–Crippen MR) is 70.2 cm³/mol. The van der Waals surface area contributed by atoms with Gasteiger partial charge in [-0.2, -0.15) is 5.26 Å². The Kier molecular flexibility index (Phi) is 3.53. The van der Waals surface area contributed by atoms with Crippen molar-refractivity contribution in [1.29, 1.82) is 5.26 Å². The lowest BCUT2D eigenvalue weighted by molar-refractivity contribution is 0.189. The van der Waals surface area contributed by atoms with Crippen LogP contribution in [0, 0.1) is 16.7 Å². The van der Waals surface area contributed by atoms with Crippen molar-refractivity contribution < 1.29 is 5.11 Å². The molecule has 0 spiro atoms. The number of nitrogens with zero attached hydrogens (tertiary/aromatic N) is 3. The number of pyridine rings is 1. The van der Waals surface area contributed by atoms with Gasteiger partial charge in [-0.3, -0.25) is 0 Å². The molecule has 2 rings (SSSR count). The third kappa shape index (κ3) is 2.62. The topological polar surface area (TPSA) is 60.1 Å². The second-order valence-electron chi connectivity index (χ2n) is 5.68. The summed E-state index contributed by atoms with van der Waals surface area (Å²) in [4.78, 5) is 6.49. The van der Waals surface area contributed by atoms with E-state index in [1.54, 1.807) is 12.3 Å². The zero-order valence-corrected chi connectivity index (χ0v) is 10.9. The Morgan fingerprint density at radius 3 is 2.89 bits per heavy atom. The number of hydrogen-bond donors (Lipinski definition) is 1. The van der Waals surface area contributed by atoms with Gasteiger partial charge in [-0.1, -0.05) is 13.8 Å². The molecular weight excluding hydrogens is 226 g/mol. The molecule has 1 aromatic rings. The minimum atomic E-state index is 0.137. The smallest absolute Gasteiger partial charge is 0.128 e. The van der Waals surface area contributed by atoms with Gasteiger partial charge in [0.2, 0.25) is 0 Å². The highest BCUT2D eigenvalue weighted by atomic mass is 16.3. The summed E-state index contributed by atoms with van der Waals surface area (Å²) in [6, 6.07) is 5.85. The minimum Gasteiger partial charge on any atom is -0.394 e. The fourth-order valence-corrected chi connectivity index (χ4v) is 2.46. The van der Waals surface area contributed by atoms with Crippen LogP contribution < -0.4 is 4.90 Å². The normalized spacial score (nSPS) is 22.6. The van der Waals surface area contributed by atoms with Crippen LogP contribution in [0.25, 0.3) is 0 Å². The van der Waals surface area contributed by atoms with Crippen molar-refractivity contribution in [2.24, 2.45) is 5.41 Å². The van der Waals surface area contributed by atoms with Crippen LogP contribution in [0.1, 0.15) is 32.3 Å². The molecule has 1 aliphatic heterocycles. The van der Waals surface area contributed by atoms with Gasteiger partial charge in [-0.25, -0.2) is 4.98 Å². The first kappa shape index (κ1) is 12.8. The first-order chi connectivity index (χ1) is 8.55. The number of piperidine rings is 1. The summed E-state index contributed by atoms with van der Waals surface area (Å²) < 4.78 is 0. The van der Waals surface area contributed by atoms with Crippen LogP contribution in [0.5, 0.6) is 0 Å². The maximum absolute atomic E-state index is 9.47. The van der Waals surface area contributed by atoms with Crippen LogP contribution in [0.4, 0.5) is 5.82 Å². The number of rotatable bonds is 2. The Hall–Kier alpha value is -1.60. The SMILES string of the molecule is CC1(C)CC[C@@H](CO)N(c2ccc(C#N)cn2)C1. The monoisotopic (exact) mass is 245 g/mol. The Morgan fingerprint density at radius 1 is 1.56 bits per heavy atom. The van der Waals surface area contributed by atoms with E-state index in [0.717, 1.165) is 25.2 Å². The fourth-order valence-electron chi connectivity index (χ4n) is 2.46. The molecule has 0 amide bonds. The van der Waals surface area contributed by atoms with Crippen LogP contribution >= 0.6 is 0 Å². The Balaban J connectivity index is 2.24. The van der Waals surface area contributed by atoms with Gasteiger partial charge in [0.1, 0.15) is 11.9 Å². The van der Waals surface area contributed by atoms with Gasteiger partial charge < -0.3 is 10.0 Å². The number of aliphatic hydroxyl groups is 1. The number of hydrogen-bond acceptors (Lipinski definition) is 4. The van der Waals surface area contributed by atoms with Gasteiger partial charge >= 0.3 is 0 Å². The van der Waals surface area contributed by atoms with E-state index >= 15 is 0 Å². The highest BCUT2D eigenvalue weighted by Gasteiger charge is 2.33. The van der Waals surface area contributed by atoms with E-state index < -0.39 is 0 Å². The van der Waals surface area contributed by atoms with Crippen molar-refractivity contribution in [3.8, 4) is 6.07 Å². The average Bonchev–Trinajstić information content (AvgIpc) is 2.38. The number of anilines is 1. The van der Waals surface area contributed by atoms with Crippen molar-refractivity contribution >= 4 is 5.82 Å². The van der Waals surface area contributed by atoms with E-state index in [4.69, 9.17) is 5.26 Å². The third-order valence-corrected chi connectivity index (χ3v) is 3.58. The summed E-state index contributed by atoms with van der Waals surface area (Å²) in [5, 5.41) is 18.2. The molecule has 18 heavy (non-hydrogen) atoms. The second-order valence-corrected chi connectivity index (χ2v) is 5.68. The highest BCUT2D eigenvalue weighted by Crippen LogP contribution is 2.34. The third-order valence-electron chi connectivity index (χ3n) is 3.58. The quantitative estimate of drug-likeness (QED) is 0.865. The van der Waals surface area contributed by atoms with Crippen molar-refractivity contribution in [2.75, 3.05) is 18.1 Å². The molecule has 1 saturated heterocycles. The van der Waals surface area contributed by atoms with Gasteiger partial charge in [0.05, 0.1) is 18.2 Å². The zero-order chi connectivity index (χ0) is 13.2. The summed E-state index contributed by atoms with van der Waals surface area (Å²) >= 11 is 0. The Labute approximate surface area is 108 Å². The number of aromatic nitrogens is 1. The number of nitriles is 1. The van der Waals surface area contributed by atoms with Crippen LogP contribution in [0.2, 0.25) is 0 Å². The number of aliphatic hydroxyl groups excluding tert-OH is 1. The summed E-state index contributed by atoms with van der Waals surface area (Å²) in [6.07, 6.45) is 3.68. The van der Waals surface area contributed by atoms with Gasteiger partial charge in [0.25, 0.3) is 0 Å². The molecule has 0 saturated carbocycles. The summed E-state index contributed by atoms with van der Waals surface area (Å²) in [7, 11) is 0. The molecular formula is C14H19N3O. The van der Waals surface area contributed by atoms with Crippen LogP contribution in [0.15, 0.2) is 18.3 Å². The molecule has 1 aliphatic rings. The maximum atomic E-state index is 9.47. The molecule has 1 atom stereocenters. The Morgan fingerprint density at radius 2 is 2.33 bits per heavy atom. The second kappa shape index (κ2) is 4.95. The fraction of sp³-hybridized carbons (Fsp3) is 0.571. The van der Waals surface area contributed by atoms with E-state index in [0.29, 0.717) is 5.56 Å². The van der Waals surface area contributed by atoms with Crippen molar-refractivity contribution in [1.82, 2.24) is 4.98 Å². The molecule has 2 heterocycles. The summed E-state index contributed by atoms with van der Waals surface area (Å²) in [6.45, 7) is 5.50. The van der Waals surface area contributed by atoms with Crippen LogP contribution in [0.3, 0.4) is 0 Å². The van der Waals surface area contributed by atoms with E-state index in [9.17, 15) is 5.11 Å². The molecule has 0 aliphatic carbocycles. The van der Waals surface area contributed by atoms with E-state index in [1.807, 2.05) is 6.07 Å². The van der Waals surface area contributed by atoms with Gasteiger partial charge in [0.15, 0.2) is 0 Å². The lowest BCUT2D eigenvalue weighted by Crippen LogP contribution is -2.49. The molecule has 0 bridgehead atoms. The molecule has 1 N–H and O–H groups in total. The molecule has 1 aromatic heterocycles. The molecule has 0 unspecified atom stereocenters. The van der Waals surface area contributed by atoms with Crippen LogP contribution in [-0.4, -0.2) is 29.3 Å². The van der Waals surface area contributed by atoms with Gasteiger partial charge in [-0.15, -0.1) is 0 Å². The molecule has 4 nitrogen and oxygen atoms in total. The minimum absolute atomic E-state index is 0.137.